The number of aryl methyl sites for hydroxylation is 1. The summed E-state index contributed by atoms with van der Waals surface area (Å²) in [5.74, 6) is 1.54. The molecule has 0 amide bonds. The van der Waals surface area contributed by atoms with Crippen molar-refractivity contribution in [2.45, 2.75) is 13.5 Å². The second kappa shape index (κ2) is 7.65. The predicted octanol–water partition coefficient (Wildman–Crippen LogP) is 5.38. The number of nitrogens with zero attached hydrogens (tertiary/aromatic N) is 4. The highest BCUT2D eigenvalue weighted by Crippen LogP contribution is 2.28. The Balaban J connectivity index is 1.54. The summed E-state index contributed by atoms with van der Waals surface area (Å²) in [4.78, 5) is 12.1. The standard InChI is InChI=1S/C23H19ClN6/c1-15-3-2-4-23(28-15)30-21(17-7-10-19-20(11-17)27-14-26-19)12-22(29-30)25-13-16-5-8-18(24)9-6-16/h2-12,14H,13H2,1H3,(H,25,29)(H,26,27). The van der Waals surface area contributed by atoms with E-state index in [1.165, 1.54) is 0 Å². The number of aromatic amines is 1. The normalized spacial score (nSPS) is 11.1. The first-order valence-corrected chi connectivity index (χ1v) is 9.99. The Morgan fingerprint density at radius 2 is 1.90 bits per heavy atom. The van der Waals surface area contributed by atoms with Crippen LogP contribution in [0, 0.1) is 6.92 Å². The van der Waals surface area contributed by atoms with Crippen molar-refractivity contribution in [2.75, 3.05) is 5.32 Å². The van der Waals surface area contributed by atoms with Gasteiger partial charge in [0, 0.05) is 28.9 Å². The van der Waals surface area contributed by atoms with Crippen LogP contribution in [0.2, 0.25) is 5.02 Å². The number of rotatable bonds is 5. The Kier molecular flexibility index (Phi) is 4.69. The molecule has 5 aromatic rings. The van der Waals surface area contributed by atoms with Gasteiger partial charge in [-0.25, -0.2) is 14.6 Å². The molecule has 0 unspecified atom stereocenters. The Labute approximate surface area is 178 Å². The van der Waals surface area contributed by atoms with Crippen LogP contribution >= 0.6 is 11.6 Å². The number of imidazole rings is 1. The third-order valence-corrected chi connectivity index (χ3v) is 5.15. The van der Waals surface area contributed by atoms with Crippen molar-refractivity contribution in [1.29, 1.82) is 0 Å². The third kappa shape index (κ3) is 3.65. The van der Waals surface area contributed by atoms with E-state index in [-0.39, 0.29) is 0 Å². The lowest BCUT2D eigenvalue weighted by Crippen LogP contribution is -2.04. The predicted molar refractivity (Wildman–Crippen MR) is 120 cm³/mol. The van der Waals surface area contributed by atoms with Gasteiger partial charge >= 0.3 is 0 Å². The van der Waals surface area contributed by atoms with Crippen LogP contribution in [-0.2, 0) is 6.54 Å². The number of benzene rings is 2. The van der Waals surface area contributed by atoms with Gasteiger partial charge in [0.05, 0.1) is 23.1 Å². The lowest BCUT2D eigenvalue weighted by molar-refractivity contribution is 0.846. The summed E-state index contributed by atoms with van der Waals surface area (Å²) >= 11 is 5.98. The zero-order chi connectivity index (χ0) is 20.5. The van der Waals surface area contributed by atoms with Crippen LogP contribution in [0.5, 0.6) is 0 Å². The van der Waals surface area contributed by atoms with Crippen molar-refractivity contribution < 1.29 is 0 Å². The van der Waals surface area contributed by atoms with Crippen molar-refractivity contribution in [1.82, 2.24) is 24.7 Å². The number of halogens is 1. The van der Waals surface area contributed by atoms with Crippen molar-refractivity contribution in [3.63, 3.8) is 0 Å². The van der Waals surface area contributed by atoms with Crippen LogP contribution in [0.1, 0.15) is 11.3 Å². The minimum atomic E-state index is 0.647. The smallest absolute Gasteiger partial charge is 0.154 e. The summed E-state index contributed by atoms with van der Waals surface area (Å²) < 4.78 is 1.87. The molecule has 3 heterocycles. The SMILES string of the molecule is Cc1cccc(-n2nc(NCc3ccc(Cl)cc3)cc2-c2ccc3nc[nH]c3c2)n1. The van der Waals surface area contributed by atoms with Gasteiger partial charge in [-0.2, -0.15) is 0 Å². The highest BCUT2D eigenvalue weighted by Gasteiger charge is 2.14. The quantitative estimate of drug-likeness (QED) is 0.404. The number of anilines is 1. The van der Waals surface area contributed by atoms with E-state index in [1.54, 1.807) is 6.33 Å². The average Bonchev–Trinajstić information content (AvgIpc) is 3.40. The summed E-state index contributed by atoms with van der Waals surface area (Å²) in [5, 5.41) is 8.92. The third-order valence-electron chi connectivity index (χ3n) is 4.90. The van der Waals surface area contributed by atoms with Gasteiger partial charge in [-0.3, -0.25) is 0 Å². The van der Waals surface area contributed by atoms with E-state index in [2.05, 4.69) is 32.4 Å². The molecule has 2 N–H and O–H groups in total. The van der Waals surface area contributed by atoms with E-state index in [0.717, 1.165) is 50.2 Å². The second-order valence-electron chi connectivity index (χ2n) is 7.08. The molecule has 0 radical (unpaired) electrons. The van der Waals surface area contributed by atoms with Gasteiger partial charge in [0.15, 0.2) is 5.82 Å². The molecule has 0 bridgehead atoms. The summed E-state index contributed by atoms with van der Waals surface area (Å²) in [6.07, 6.45) is 1.70. The van der Waals surface area contributed by atoms with E-state index in [9.17, 15) is 0 Å². The number of hydrogen-bond acceptors (Lipinski definition) is 4. The zero-order valence-electron chi connectivity index (χ0n) is 16.3. The summed E-state index contributed by atoms with van der Waals surface area (Å²) in [5.41, 5.74) is 5.95. The molecule has 0 saturated carbocycles. The van der Waals surface area contributed by atoms with Gasteiger partial charge in [-0.15, -0.1) is 5.10 Å². The fourth-order valence-electron chi connectivity index (χ4n) is 3.38. The van der Waals surface area contributed by atoms with Gasteiger partial charge in [0.2, 0.25) is 0 Å². The van der Waals surface area contributed by atoms with Crippen LogP contribution in [0.4, 0.5) is 5.82 Å². The van der Waals surface area contributed by atoms with Crippen LogP contribution in [0.15, 0.2) is 73.1 Å². The minimum absolute atomic E-state index is 0.647. The van der Waals surface area contributed by atoms with Crippen LogP contribution in [0.25, 0.3) is 28.1 Å². The number of nitrogens with one attached hydrogen (secondary N) is 2. The van der Waals surface area contributed by atoms with E-state index in [0.29, 0.717) is 6.54 Å². The Bertz CT molecular complexity index is 1320. The summed E-state index contributed by atoms with van der Waals surface area (Å²) in [6.45, 7) is 2.62. The molecule has 3 aromatic heterocycles. The first-order valence-electron chi connectivity index (χ1n) is 9.62. The number of hydrogen-bond donors (Lipinski definition) is 2. The first-order chi connectivity index (χ1) is 14.7. The number of aromatic nitrogens is 5. The van der Waals surface area contributed by atoms with Crippen LogP contribution in [0.3, 0.4) is 0 Å². The van der Waals surface area contributed by atoms with Crippen molar-refractivity contribution in [2.24, 2.45) is 0 Å². The minimum Gasteiger partial charge on any atom is -0.364 e. The molecule has 0 fully saturated rings. The molecule has 0 saturated heterocycles. The highest BCUT2D eigenvalue weighted by atomic mass is 35.5. The van der Waals surface area contributed by atoms with Crippen LogP contribution < -0.4 is 5.32 Å². The van der Waals surface area contributed by atoms with E-state index >= 15 is 0 Å². The van der Waals surface area contributed by atoms with Crippen molar-refractivity contribution in [3.05, 3.63) is 89.3 Å². The molecular weight excluding hydrogens is 396 g/mol. The molecular formula is C23H19ClN6. The monoisotopic (exact) mass is 414 g/mol. The molecule has 2 aromatic carbocycles. The zero-order valence-corrected chi connectivity index (χ0v) is 17.1. The fourth-order valence-corrected chi connectivity index (χ4v) is 3.51. The maximum atomic E-state index is 5.98. The molecule has 0 aliphatic heterocycles. The average molecular weight is 415 g/mol. The number of fused-ring (bicyclic) bond motifs is 1. The molecule has 30 heavy (non-hydrogen) atoms. The molecule has 0 spiro atoms. The Hall–Kier alpha value is -3.64. The largest absolute Gasteiger partial charge is 0.364 e. The van der Waals surface area contributed by atoms with Gasteiger partial charge in [-0.05, 0) is 48.9 Å². The molecule has 7 heteroatoms. The van der Waals surface area contributed by atoms with Crippen molar-refractivity contribution >= 4 is 28.5 Å². The van der Waals surface area contributed by atoms with E-state index in [1.807, 2.05) is 66.2 Å². The number of H-pyrrole nitrogens is 1. The van der Waals surface area contributed by atoms with Crippen molar-refractivity contribution in [3.8, 4) is 17.1 Å². The summed E-state index contributed by atoms with van der Waals surface area (Å²) in [7, 11) is 0. The number of pyridine rings is 1. The molecule has 5 rings (SSSR count). The van der Waals surface area contributed by atoms with Gasteiger partial charge in [-0.1, -0.05) is 35.9 Å². The van der Waals surface area contributed by atoms with Gasteiger partial charge < -0.3 is 10.3 Å². The maximum Gasteiger partial charge on any atom is 0.154 e. The molecule has 0 aliphatic carbocycles. The Morgan fingerprint density at radius 1 is 1.03 bits per heavy atom. The molecule has 148 valence electrons. The fraction of sp³-hybridized carbons (Fsp3) is 0.0870. The van der Waals surface area contributed by atoms with Crippen LogP contribution in [-0.4, -0.2) is 24.7 Å². The lowest BCUT2D eigenvalue weighted by Gasteiger charge is -2.07. The van der Waals surface area contributed by atoms with Gasteiger partial charge in [0.25, 0.3) is 0 Å². The summed E-state index contributed by atoms with van der Waals surface area (Å²) in [6, 6.07) is 21.9. The topological polar surface area (TPSA) is 71.4 Å². The van der Waals surface area contributed by atoms with E-state index in [4.69, 9.17) is 16.7 Å². The first kappa shape index (κ1) is 18.4. The molecule has 0 atom stereocenters. The lowest BCUT2D eigenvalue weighted by atomic mass is 10.1. The highest BCUT2D eigenvalue weighted by molar-refractivity contribution is 6.30. The second-order valence-corrected chi connectivity index (χ2v) is 7.51. The Morgan fingerprint density at radius 3 is 2.73 bits per heavy atom. The van der Waals surface area contributed by atoms with E-state index < -0.39 is 0 Å². The maximum absolute atomic E-state index is 5.98. The van der Waals surface area contributed by atoms with Gasteiger partial charge in [0.1, 0.15) is 5.82 Å². The molecule has 6 nitrogen and oxygen atoms in total. The molecule has 0 aliphatic rings.